The molecule has 168 valence electrons. The van der Waals surface area contributed by atoms with Crippen molar-refractivity contribution in [3.05, 3.63) is 75.5 Å². The molecule has 0 bridgehead atoms. The predicted octanol–water partition coefficient (Wildman–Crippen LogP) is 4.22. The van der Waals surface area contributed by atoms with E-state index in [4.69, 9.17) is 4.74 Å². The van der Waals surface area contributed by atoms with Gasteiger partial charge in [-0.1, -0.05) is 12.1 Å². The van der Waals surface area contributed by atoms with Crippen LogP contribution in [0.15, 0.2) is 59.5 Å². The van der Waals surface area contributed by atoms with Gasteiger partial charge in [-0.25, -0.2) is 0 Å². The van der Waals surface area contributed by atoms with E-state index in [0.29, 0.717) is 29.3 Å². The van der Waals surface area contributed by atoms with Gasteiger partial charge in [-0.05, 0) is 54.3 Å². The molecule has 2 aliphatic heterocycles. The topological polar surface area (TPSA) is 90.3 Å². The highest BCUT2D eigenvalue weighted by atomic mass is 32.1. The second-order valence-corrected chi connectivity index (χ2v) is 9.11. The van der Waals surface area contributed by atoms with E-state index in [1.54, 1.807) is 30.3 Å². The number of fused-ring (bicyclic) bond motifs is 1. The summed E-state index contributed by atoms with van der Waals surface area (Å²) in [5.41, 5.74) is 2.26. The number of carbonyl (C=O) groups excluding carboxylic acids is 2. The normalized spacial score (nSPS) is 19.5. The minimum atomic E-state index is -0.859. The Labute approximate surface area is 194 Å². The van der Waals surface area contributed by atoms with E-state index in [2.05, 4.69) is 0 Å². The SMILES string of the molecule is Cc1ccc(O)c(N2C(=O)C(=O)/C(=C(\O)c3ccc4c(c3)N(C)CCO4)C2c2cccs2)c1. The maximum absolute atomic E-state index is 13.2. The molecular formula is C25H22N2O5S. The zero-order chi connectivity index (χ0) is 23.3. The van der Waals surface area contributed by atoms with E-state index in [1.165, 1.54) is 22.3 Å². The number of hydrogen-bond donors (Lipinski definition) is 2. The zero-order valence-corrected chi connectivity index (χ0v) is 18.9. The Morgan fingerprint density at radius 1 is 1.12 bits per heavy atom. The molecule has 0 aliphatic carbocycles. The van der Waals surface area contributed by atoms with Crippen molar-refractivity contribution in [2.24, 2.45) is 0 Å². The van der Waals surface area contributed by atoms with Gasteiger partial charge in [-0.3, -0.25) is 14.5 Å². The van der Waals surface area contributed by atoms with Crippen LogP contribution < -0.4 is 14.5 Å². The summed E-state index contributed by atoms with van der Waals surface area (Å²) < 4.78 is 5.68. The Balaban J connectivity index is 1.70. The monoisotopic (exact) mass is 462 g/mol. The third-order valence-corrected chi connectivity index (χ3v) is 6.90. The molecule has 8 heteroatoms. The first-order valence-corrected chi connectivity index (χ1v) is 11.4. The second kappa shape index (κ2) is 7.97. The summed E-state index contributed by atoms with van der Waals surface area (Å²) in [5, 5.41) is 23.7. The first kappa shape index (κ1) is 21.1. The minimum absolute atomic E-state index is 0.0114. The summed E-state index contributed by atoms with van der Waals surface area (Å²) in [4.78, 5) is 30.4. The van der Waals surface area contributed by atoms with Crippen molar-refractivity contribution >= 4 is 40.2 Å². The number of aryl methyl sites for hydroxylation is 1. The number of benzene rings is 2. The van der Waals surface area contributed by atoms with Gasteiger partial charge < -0.3 is 19.8 Å². The number of Topliss-reactive ketones (excluding diaryl/α,β-unsaturated/α-hetero) is 1. The van der Waals surface area contributed by atoms with Crippen molar-refractivity contribution in [1.29, 1.82) is 0 Å². The van der Waals surface area contributed by atoms with E-state index in [0.717, 1.165) is 11.3 Å². The van der Waals surface area contributed by atoms with Crippen molar-refractivity contribution in [2.45, 2.75) is 13.0 Å². The van der Waals surface area contributed by atoms with E-state index >= 15 is 0 Å². The van der Waals surface area contributed by atoms with Crippen molar-refractivity contribution in [2.75, 3.05) is 30.0 Å². The van der Waals surface area contributed by atoms with E-state index < -0.39 is 17.7 Å². The second-order valence-electron chi connectivity index (χ2n) is 8.13. The lowest BCUT2D eigenvalue weighted by Crippen LogP contribution is -2.29. The molecule has 1 saturated heterocycles. The van der Waals surface area contributed by atoms with Crippen LogP contribution in [0, 0.1) is 6.92 Å². The Morgan fingerprint density at radius 2 is 1.94 bits per heavy atom. The fourth-order valence-corrected chi connectivity index (χ4v) is 5.10. The number of nitrogens with zero attached hydrogens (tertiary/aromatic N) is 2. The minimum Gasteiger partial charge on any atom is -0.507 e. The van der Waals surface area contributed by atoms with Crippen LogP contribution in [-0.2, 0) is 9.59 Å². The van der Waals surface area contributed by atoms with Crippen LogP contribution in [0.3, 0.4) is 0 Å². The highest BCUT2D eigenvalue weighted by Gasteiger charge is 2.48. The number of carbonyl (C=O) groups is 2. The van der Waals surface area contributed by atoms with Gasteiger partial charge in [-0.15, -0.1) is 11.3 Å². The average molecular weight is 463 g/mol. The molecule has 1 aromatic heterocycles. The molecule has 5 rings (SSSR count). The van der Waals surface area contributed by atoms with Crippen LogP contribution in [-0.4, -0.2) is 42.1 Å². The lowest BCUT2D eigenvalue weighted by atomic mass is 9.99. The number of ether oxygens (including phenoxy) is 1. The molecule has 2 aliphatic rings. The van der Waals surface area contributed by atoms with Gasteiger partial charge in [0.15, 0.2) is 0 Å². The van der Waals surface area contributed by atoms with Crippen LogP contribution >= 0.6 is 11.3 Å². The first-order chi connectivity index (χ1) is 15.9. The molecule has 1 unspecified atom stereocenters. The number of likely N-dealkylation sites (N-methyl/N-ethyl adjacent to an activating group) is 1. The van der Waals surface area contributed by atoms with Gasteiger partial charge in [0, 0.05) is 17.5 Å². The fraction of sp³-hybridized carbons (Fsp3) is 0.200. The van der Waals surface area contributed by atoms with Crippen LogP contribution in [0.4, 0.5) is 11.4 Å². The Hall–Kier alpha value is -3.78. The van der Waals surface area contributed by atoms with Gasteiger partial charge >= 0.3 is 0 Å². The van der Waals surface area contributed by atoms with Gasteiger partial charge in [0.2, 0.25) is 0 Å². The van der Waals surface area contributed by atoms with Gasteiger partial charge in [0.05, 0.1) is 23.5 Å². The lowest BCUT2D eigenvalue weighted by Gasteiger charge is -2.28. The summed E-state index contributed by atoms with van der Waals surface area (Å²) in [6, 6.07) is 12.8. The summed E-state index contributed by atoms with van der Waals surface area (Å²) in [5.74, 6) is -1.27. The fourth-order valence-electron chi connectivity index (χ4n) is 4.28. The number of ketones is 1. The smallest absolute Gasteiger partial charge is 0.300 e. The number of aliphatic hydroxyl groups is 1. The van der Waals surface area contributed by atoms with Crippen molar-refractivity contribution in [3.63, 3.8) is 0 Å². The molecule has 3 heterocycles. The molecule has 2 N–H and O–H groups in total. The summed E-state index contributed by atoms with van der Waals surface area (Å²) in [7, 11) is 1.93. The van der Waals surface area contributed by atoms with E-state index in [1.807, 2.05) is 36.4 Å². The number of aliphatic hydroxyl groups excluding tert-OH is 1. The lowest BCUT2D eigenvalue weighted by molar-refractivity contribution is -0.132. The Bertz CT molecular complexity index is 1300. The molecule has 0 saturated carbocycles. The molecule has 1 atom stereocenters. The zero-order valence-electron chi connectivity index (χ0n) is 18.1. The number of thiophene rings is 1. The molecule has 33 heavy (non-hydrogen) atoms. The number of aromatic hydroxyl groups is 1. The largest absolute Gasteiger partial charge is 0.507 e. The molecule has 0 radical (unpaired) electrons. The van der Waals surface area contributed by atoms with E-state index in [-0.39, 0.29) is 22.8 Å². The standard InChI is InChI=1S/C25H22N2O5S/c1-14-5-7-18(28)16(12-14)27-22(20-4-3-11-33-20)21(24(30)25(27)31)23(29)15-6-8-19-17(13-15)26(2)9-10-32-19/h3-8,11-13,22,28-29H,9-10H2,1-2H3/b23-21-. The van der Waals surface area contributed by atoms with Crippen molar-refractivity contribution in [1.82, 2.24) is 0 Å². The van der Waals surface area contributed by atoms with Crippen LogP contribution in [0.5, 0.6) is 11.5 Å². The number of phenols is 1. The molecule has 7 nitrogen and oxygen atoms in total. The summed E-state index contributed by atoms with van der Waals surface area (Å²) in [6.07, 6.45) is 0. The number of phenolic OH excluding ortho intramolecular Hbond substituents is 1. The predicted molar refractivity (Wildman–Crippen MR) is 127 cm³/mol. The van der Waals surface area contributed by atoms with Crippen molar-refractivity contribution < 1.29 is 24.5 Å². The number of amides is 1. The molecule has 1 fully saturated rings. The maximum atomic E-state index is 13.2. The highest BCUT2D eigenvalue weighted by molar-refractivity contribution is 7.10. The Morgan fingerprint density at radius 3 is 2.70 bits per heavy atom. The molecule has 1 amide bonds. The first-order valence-electron chi connectivity index (χ1n) is 10.5. The highest BCUT2D eigenvalue weighted by Crippen LogP contribution is 2.46. The van der Waals surface area contributed by atoms with Gasteiger partial charge in [0.1, 0.15) is 29.9 Å². The number of rotatable bonds is 3. The third kappa shape index (κ3) is 3.43. The Kier molecular flexibility index (Phi) is 5.09. The maximum Gasteiger partial charge on any atom is 0.300 e. The third-order valence-electron chi connectivity index (χ3n) is 5.98. The van der Waals surface area contributed by atoms with Gasteiger partial charge in [0.25, 0.3) is 11.7 Å². The molecule has 0 spiro atoms. The van der Waals surface area contributed by atoms with Crippen LogP contribution in [0.1, 0.15) is 22.0 Å². The van der Waals surface area contributed by atoms with Gasteiger partial charge in [-0.2, -0.15) is 0 Å². The quantitative estimate of drug-likeness (QED) is 0.344. The molecule has 3 aromatic rings. The average Bonchev–Trinajstić information content (AvgIpc) is 3.42. The van der Waals surface area contributed by atoms with Crippen LogP contribution in [0.25, 0.3) is 5.76 Å². The summed E-state index contributed by atoms with van der Waals surface area (Å²) in [6.45, 7) is 3.10. The number of anilines is 2. The molecule has 2 aromatic carbocycles. The summed E-state index contributed by atoms with van der Waals surface area (Å²) >= 11 is 1.37. The van der Waals surface area contributed by atoms with Crippen molar-refractivity contribution in [3.8, 4) is 11.5 Å². The molecular weight excluding hydrogens is 440 g/mol. The van der Waals surface area contributed by atoms with E-state index in [9.17, 15) is 19.8 Å². The van der Waals surface area contributed by atoms with Crippen LogP contribution in [0.2, 0.25) is 0 Å². The number of hydrogen-bond acceptors (Lipinski definition) is 7.